The summed E-state index contributed by atoms with van der Waals surface area (Å²) in [5.74, 6) is 0.462. The average Bonchev–Trinajstić information content (AvgIpc) is 3.17. The van der Waals surface area contributed by atoms with E-state index in [1.807, 2.05) is 30.3 Å². The number of carbonyl (C=O) groups is 1. The van der Waals surface area contributed by atoms with Crippen LogP contribution in [-0.4, -0.2) is 42.1 Å². The Balaban J connectivity index is 1.22. The highest BCUT2D eigenvalue weighted by molar-refractivity contribution is 5.83. The number of nitrogens with one attached hydrogen (secondary N) is 2. The molecule has 0 aliphatic carbocycles. The predicted octanol–water partition coefficient (Wildman–Crippen LogP) is 3.57. The van der Waals surface area contributed by atoms with Crippen molar-refractivity contribution >= 4 is 17.7 Å². The van der Waals surface area contributed by atoms with E-state index in [9.17, 15) is 14.3 Å². The summed E-state index contributed by atoms with van der Waals surface area (Å²) >= 11 is 0. The number of hydrogen-bond acceptors (Lipinski definition) is 5. The van der Waals surface area contributed by atoms with Crippen LogP contribution < -0.4 is 10.6 Å². The molecule has 1 fully saturated rings. The summed E-state index contributed by atoms with van der Waals surface area (Å²) < 4.78 is 13.0. The molecule has 0 amide bonds. The highest BCUT2D eigenvalue weighted by Crippen LogP contribution is 2.32. The molecule has 2 heterocycles. The zero-order chi connectivity index (χ0) is 20.2. The maximum Gasteiger partial charge on any atom is 0.162 e. The molecule has 2 aromatic rings. The number of fused-ring (bicyclic) bond motifs is 1. The maximum absolute atomic E-state index is 13.0. The van der Waals surface area contributed by atoms with Crippen LogP contribution in [0.25, 0.3) is 0 Å². The van der Waals surface area contributed by atoms with E-state index in [1.54, 1.807) is 0 Å². The summed E-state index contributed by atoms with van der Waals surface area (Å²) in [4.78, 5) is 13.3. The van der Waals surface area contributed by atoms with Gasteiger partial charge in [-0.3, -0.25) is 4.79 Å². The smallest absolute Gasteiger partial charge is 0.162 e. The van der Waals surface area contributed by atoms with E-state index in [4.69, 9.17) is 0 Å². The largest absolute Gasteiger partial charge is 0.388 e. The van der Waals surface area contributed by atoms with Gasteiger partial charge in [-0.05, 0) is 80.1 Å². The Morgan fingerprint density at radius 1 is 1.10 bits per heavy atom. The molecule has 0 saturated carbocycles. The van der Waals surface area contributed by atoms with Gasteiger partial charge in [0.2, 0.25) is 0 Å². The second kappa shape index (κ2) is 8.93. The molecule has 3 N–H and O–H groups in total. The third-order valence-electron chi connectivity index (χ3n) is 6.05. The first kappa shape index (κ1) is 19.9. The van der Waals surface area contributed by atoms with Gasteiger partial charge in [0, 0.05) is 6.54 Å². The third-order valence-corrected chi connectivity index (χ3v) is 6.05. The zero-order valence-corrected chi connectivity index (χ0v) is 16.5. The van der Waals surface area contributed by atoms with Crippen molar-refractivity contribution < 1.29 is 14.3 Å². The molecule has 154 valence electrons. The summed E-state index contributed by atoms with van der Waals surface area (Å²) in [7, 11) is 0. The van der Waals surface area contributed by atoms with Crippen LogP contribution in [0.3, 0.4) is 0 Å². The maximum atomic E-state index is 13.0. The van der Waals surface area contributed by atoms with Crippen LogP contribution >= 0.6 is 0 Å². The van der Waals surface area contributed by atoms with Gasteiger partial charge in [-0.1, -0.05) is 18.2 Å². The number of anilines is 2. The van der Waals surface area contributed by atoms with Gasteiger partial charge in [-0.2, -0.15) is 0 Å². The van der Waals surface area contributed by atoms with Crippen LogP contribution in [0.4, 0.5) is 15.8 Å². The summed E-state index contributed by atoms with van der Waals surface area (Å²) in [6.45, 7) is 2.94. The van der Waals surface area contributed by atoms with Gasteiger partial charge in [0.25, 0.3) is 0 Å². The Hall–Kier alpha value is -2.44. The number of piperidine rings is 1. The highest BCUT2D eigenvalue weighted by Gasteiger charge is 2.22. The number of halogens is 1. The third kappa shape index (κ3) is 4.95. The second-order valence-electron chi connectivity index (χ2n) is 8.13. The fraction of sp³-hybridized carbons (Fsp3) is 0.435. The fourth-order valence-corrected chi connectivity index (χ4v) is 4.29. The van der Waals surface area contributed by atoms with Gasteiger partial charge < -0.3 is 20.6 Å². The molecule has 2 aromatic carbocycles. The first-order valence-electron chi connectivity index (χ1n) is 10.4. The van der Waals surface area contributed by atoms with Crippen LogP contribution in [0, 0.1) is 11.7 Å². The zero-order valence-electron chi connectivity index (χ0n) is 16.5. The molecular weight excluding hydrogens is 369 g/mol. The van der Waals surface area contributed by atoms with Gasteiger partial charge >= 0.3 is 0 Å². The number of aliphatic hydroxyl groups is 1. The van der Waals surface area contributed by atoms with Crippen molar-refractivity contribution in [2.45, 2.75) is 38.0 Å². The SMILES string of the molecule is O=CC1Nc2ccc(C(O)CCN3CCC(Cc4ccc(F)cc4)CC3)cc2N1. The molecule has 29 heavy (non-hydrogen) atoms. The minimum absolute atomic E-state index is 0.180. The molecule has 2 aliphatic heterocycles. The molecule has 6 heteroatoms. The first-order valence-corrected chi connectivity index (χ1v) is 10.4. The summed E-state index contributed by atoms with van der Waals surface area (Å²) in [5.41, 5.74) is 3.83. The Morgan fingerprint density at radius 2 is 1.83 bits per heavy atom. The molecular formula is C23H28FN3O2. The standard InChI is InChI=1S/C23H28FN3O2/c24-19-4-1-16(2-5-19)13-17-7-10-27(11-8-17)12-9-22(29)18-3-6-20-21(14-18)26-23(15-28)25-20/h1-6,14-15,17,22-23,25-26,29H,7-13H2. The van der Waals surface area contributed by atoms with Crippen LogP contribution in [0.1, 0.15) is 36.5 Å². The summed E-state index contributed by atoms with van der Waals surface area (Å²) in [6, 6.07) is 12.6. The quantitative estimate of drug-likeness (QED) is 0.624. The second-order valence-corrected chi connectivity index (χ2v) is 8.13. The number of hydrogen-bond donors (Lipinski definition) is 3. The molecule has 0 radical (unpaired) electrons. The van der Waals surface area contributed by atoms with Crippen molar-refractivity contribution in [3.8, 4) is 0 Å². The summed E-state index contributed by atoms with van der Waals surface area (Å²) in [6.07, 6.45) is 3.88. The van der Waals surface area contributed by atoms with Gasteiger partial charge in [-0.25, -0.2) is 4.39 Å². The van der Waals surface area contributed by atoms with Crippen LogP contribution in [-0.2, 0) is 11.2 Å². The Morgan fingerprint density at radius 3 is 2.55 bits per heavy atom. The van der Waals surface area contributed by atoms with Crippen molar-refractivity contribution in [2.24, 2.45) is 5.92 Å². The Labute approximate surface area is 170 Å². The number of likely N-dealkylation sites (tertiary alicyclic amines) is 1. The lowest BCUT2D eigenvalue weighted by Crippen LogP contribution is -2.35. The fourth-order valence-electron chi connectivity index (χ4n) is 4.29. The minimum atomic E-state index is -0.519. The number of rotatable bonds is 7. The number of nitrogens with zero attached hydrogens (tertiary/aromatic N) is 1. The molecule has 5 nitrogen and oxygen atoms in total. The first-order chi connectivity index (χ1) is 14.1. The lowest BCUT2D eigenvalue weighted by molar-refractivity contribution is -0.107. The van der Waals surface area contributed by atoms with E-state index in [-0.39, 0.29) is 5.82 Å². The summed E-state index contributed by atoms with van der Waals surface area (Å²) in [5, 5.41) is 16.8. The normalized spacial score (nSPS) is 20.6. The monoisotopic (exact) mass is 397 g/mol. The van der Waals surface area contributed by atoms with Crippen molar-refractivity contribution in [1.29, 1.82) is 0 Å². The molecule has 0 aromatic heterocycles. The lowest BCUT2D eigenvalue weighted by atomic mass is 9.90. The molecule has 2 atom stereocenters. The lowest BCUT2D eigenvalue weighted by Gasteiger charge is -2.32. The minimum Gasteiger partial charge on any atom is -0.388 e. The van der Waals surface area contributed by atoms with Crippen LogP contribution in [0.2, 0.25) is 0 Å². The molecule has 0 spiro atoms. The Bertz CT molecular complexity index is 835. The van der Waals surface area contributed by atoms with Crippen LogP contribution in [0.5, 0.6) is 0 Å². The van der Waals surface area contributed by atoms with Crippen molar-refractivity contribution in [2.75, 3.05) is 30.3 Å². The van der Waals surface area contributed by atoms with Gasteiger partial charge in [-0.15, -0.1) is 0 Å². The predicted molar refractivity (Wildman–Crippen MR) is 112 cm³/mol. The van der Waals surface area contributed by atoms with Gasteiger partial charge in [0.05, 0.1) is 17.5 Å². The number of carbonyl (C=O) groups excluding carboxylic acids is 1. The number of aldehydes is 1. The van der Waals surface area contributed by atoms with E-state index in [1.165, 1.54) is 17.7 Å². The molecule has 0 bridgehead atoms. The van der Waals surface area contributed by atoms with Crippen molar-refractivity contribution in [3.63, 3.8) is 0 Å². The Kier molecular flexibility index (Phi) is 6.11. The number of benzene rings is 2. The van der Waals surface area contributed by atoms with Crippen molar-refractivity contribution in [3.05, 3.63) is 59.4 Å². The molecule has 1 saturated heterocycles. The van der Waals surface area contributed by atoms with E-state index in [0.717, 1.165) is 62.1 Å². The molecule has 2 unspecified atom stereocenters. The highest BCUT2D eigenvalue weighted by atomic mass is 19.1. The molecule has 2 aliphatic rings. The van der Waals surface area contributed by atoms with E-state index in [0.29, 0.717) is 12.3 Å². The van der Waals surface area contributed by atoms with E-state index >= 15 is 0 Å². The van der Waals surface area contributed by atoms with Gasteiger partial charge in [0.15, 0.2) is 12.5 Å². The van der Waals surface area contributed by atoms with E-state index < -0.39 is 12.3 Å². The average molecular weight is 397 g/mol. The number of aliphatic hydroxyl groups excluding tert-OH is 1. The van der Waals surface area contributed by atoms with Crippen LogP contribution in [0.15, 0.2) is 42.5 Å². The van der Waals surface area contributed by atoms with Gasteiger partial charge in [0.1, 0.15) is 5.82 Å². The van der Waals surface area contributed by atoms with Crippen molar-refractivity contribution in [1.82, 2.24) is 4.90 Å². The topological polar surface area (TPSA) is 64.6 Å². The van der Waals surface area contributed by atoms with E-state index in [2.05, 4.69) is 15.5 Å². The molecule has 4 rings (SSSR count).